The Kier molecular flexibility index (Phi) is 11.0. The first-order valence-corrected chi connectivity index (χ1v) is 8.06. The van der Waals surface area contributed by atoms with Crippen LogP contribution >= 0.6 is 0 Å². The molecule has 0 rings (SSSR count). The lowest BCUT2D eigenvalue weighted by Crippen LogP contribution is -2.37. The molecule has 0 aliphatic rings. The van der Waals surface area contributed by atoms with Gasteiger partial charge in [0.1, 0.15) is 5.60 Å². The molecule has 0 heterocycles. The highest BCUT2D eigenvalue weighted by Crippen LogP contribution is 2.11. The number of nitrogens with zero attached hydrogens (tertiary/aromatic N) is 1. The Bertz CT molecular complexity index is 378. The quantitative estimate of drug-likeness (QED) is 0.226. The number of rotatable bonds is 9. The van der Waals surface area contributed by atoms with Crippen molar-refractivity contribution in [2.45, 2.75) is 65.4 Å². The monoisotopic (exact) mass is 309 g/mol. The summed E-state index contributed by atoms with van der Waals surface area (Å²) in [5, 5.41) is 6.19. The maximum absolute atomic E-state index is 11.5. The highest BCUT2D eigenvalue weighted by Gasteiger charge is 2.15. The summed E-state index contributed by atoms with van der Waals surface area (Å²) in [6, 6.07) is 0. The Labute approximate surface area is 135 Å². The van der Waals surface area contributed by atoms with Crippen molar-refractivity contribution in [2.75, 3.05) is 19.6 Å². The smallest absolute Gasteiger partial charge is 0.306 e. The van der Waals surface area contributed by atoms with Crippen LogP contribution in [0.25, 0.3) is 0 Å². The predicted molar refractivity (Wildman–Crippen MR) is 91.7 cm³/mol. The molecule has 0 aliphatic heterocycles. The summed E-state index contributed by atoms with van der Waals surface area (Å²) in [5.74, 6) is 3.17. The molecule has 0 aromatic heterocycles. The predicted octanol–water partition coefficient (Wildman–Crippen LogP) is 2.47. The van der Waals surface area contributed by atoms with E-state index in [2.05, 4.69) is 21.5 Å². The molecule has 126 valence electrons. The Morgan fingerprint density at radius 1 is 1.18 bits per heavy atom. The third kappa shape index (κ3) is 13.3. The number of unbranched alkanes of at least 4 members (excludes halogenated alkanes) is 3. The first-order valence-electron chi connectivity index (χ1n) is 8.06. The van der Waals surface area contributed by atoms with Gasteiger partial charge in [-0.3, -0.25) is 9.79 Å². The molecule has 0 saturated carbocycles. The van der Waals surface area contributed by atoms with Gasteiger partial charge in [0.2, 0.25) is 0 Å². The maximum atomic E-state index is 11.5. The zero-order valence-electron chi connectivity index (χ0n) is 14.5. The highest BCUT2D eigenvalue weighted by atomic mass is 16.6. The number of nitrogens with one attached hydrogen (secondary N) is 2. The van der Waals surface area contributed by atoms with Crippen molar-refractivity contribution >= 4 is 11.9 Å². The van der Waals surface area contributed by atoms with Crippen molar-refractivity contribution in [3.05, 3.63) is 0 Å². The molecule has 0 amide bonds. The number of aliphatic imine (C=N–C) groups is 1. The summed E-state index contributed by atoms with van der Waals surface area (Å²) in [7, 11) is 0. The second-order valence-corrected chi connectivity index (χ2v) is 6.07. The number of esters is 1. The first-order chi connectivity index (χ1) is 10.4. The van der Waals surface area contributed by atoms with E-state index in [0.29, 0.717) is 13.0 Å². The number of terminal acetylenes is 1. The van der Waals surface area contributed by atoms with Gasteiger partial charge in [0.15, 0.2) is 5.96 Å². The van der Waals surface area contributed by atoms with Gasteiger partial charge in [-0.25, -0.2) is 0 Å². The van der Waals surface area contributed by atoms with E-state index in [-0.39, 0.29) is 11.6 Å². The minimum atomic E-state index is -0.389. The molecule has 0 atom stereocenters. The summed E-state index contributed by atoms with van der Waals surface area (Å²) in [6.45, 7) is 9.72. The van der Waals surface area contributed by atoms with E-state index in [0.717, 1.165) is 44.7 Å². The molecule has 5 heteroatoms. The number of carbonyl (C=O) groups is 1. The molecule has 0 unspecified atom stereocenters. The zero-order valence-corrected chi connectivity index (χ0v) is 14.5. The fraction of sp³-hybridized carbons (Fsp3) is 0.765. The van der Waals surface area contributed by atoms with Crippen LogP contribution in [0.4, 0.5) is 0 Å². The summed E-state index contributed by atoms with van der Waals surface area (Å²) in [6.07, 6.45) is 9.65. The van der Waals surface area contributed by atoms with E-state index >= 15 is 0 Å². The van der Waals surface area contributed by atoms with Crippen molar-refractivity contribution < 1.29 is 9.53 Å². The van der Waals surface area contributed by atoms with Gasteiger partial charge in [-0.05, 0) is 40.5 Å². The van der Waals surface area contributed by atoms with Gasteiger partial charge in [-0.1, -0.05) is 18.8 Å². The summed E-state index contributed by atoms with van der Waals surface area (Å²) in [4.78, 5) is 16.0. The first kappa shape index (κ1) is 20.3. The van der Waals surface area contributed by atoms with Crippen LogP contribution in [0.2, 0.25) is 0 Å². The van der Waals surface area contributed by atoms with Crippen LogP contribution in [0.5, 0.6) is 0 Å². The summed E-state index contributed by atoms with van der Waals surface area (Å²) < 4.78 is 5.27. The van der Waals surface area contributed by atoms with E-state index < -0.39 is 0 Å². The van der Waals surface area contributed by atoms with Crippen LogP contribution < -0.4 is 10.6 Å². The number of ether oxygens (including phenoxy) is 1. The minimum absolute atomic E-state index is 0.113. The number of hydrogen-bond acceptors (Lipinski definition) is 3. The fourth-order valence-corrected chi connectivity index (χ4v) is 1.79. The molecule has 5 nitrogen and oxygen atoms in total. The second kappa shape index (κ2) is 11.9. The van der Waals surface area contributed by atoms with Crippen molar-refractivity contribution in [3.8, 4) is 12.3 Å². The van der Waals surface area contributed by atoms with Crippen molar-refractivity contribution in [1.82, 2.24) is 10.6 Å². The van der Waals surface area contributed by atoms with E-state index in [9.17, 15) is 4.79 Å². The van der Waals surface area contributed by atoms with Crippen molar-refractivity contribution in [1.29, 1.82) is 0 Å². The lowest BCUT2D eigenvalue weighted by Gasteiger charge is -2.19. The van der Waals surface area contributed by atoms with Gasteiger partial charge >= 0.3 is 5.97 Å². The van der Waals surface area contributed by atoms with Gasteiger partial charge in [-0.15, -0.1) is 6.42 Å². The van der Waals surface area contributed by atoms with Crippen molar-refractivity contribution in [3.63, 3.8) is 0 Å². The molecule has 2 N–H and O–H groups in total. The largest absolute Gasteiger partial charge is 0.460 e. The normalized spacial score (nSPS) is 11.7. The lowest BCUT2D eigenvalue weighted by atomic mass is 10.1. The Balaban J connectivity index is 3.71. The van der Waals surface area contributed by atoms with Crippen LogP contribution in [0.3, 0.4) is 0 Å². The fourth-order valence-electron chi connectivity index (χ4n) is 1.79. The molecule has 0 bridgehead atoms. The number of guanidine groups is 1. The molecule has 0 radical (unpaired) electrons. The van der Waals surface area contributed by atoms with Crippen LogP contribution in [0, 0.1) is 12.3 Å². The Hall–Kier alpha value is -1.70. The third-order valence-electron chi connectivity index (χ3n) is 2.68. The van der Waals surface area contributed by atoms with Gasteiger partial charge < -0.3 is 15.4 Å². The van der Waals surface area contributed by atoms with Crippen LogP contribution in [-0.4, -0.2) is 37.2 Å². The Morgan fingerprint density at radius 3 is 2.45 bits per heavy atom. The lowest BCUT2D eigenvalue weighted by molar-refractivity contribution is -0.154. The zero-order chi connectivity index (χ0) is 16.8. The van der Waals surface area contributed by atoms with Crippen LogP contribution in [-0.2, 0) is 9.53 Å². The molecule has 0 aliphatic carbocycles. The summed E-state index contributed by atoms with van der Waals surface area (Å²) >= 11 is 0. The molecular formula is C17H31N3O2. The van der Waals surface area contributed by atoms with Gasteiger partial charge in [0, 0.05) is 19.5 Å². The molecular weight excluding hydrogens is 278 g/mol. The number of hydrogen-bond donors (Lipinski definition) is 2. The molecule has 22 heavy (non-hydrogen) atoms. The van der Waals surface area contributed by atoms with Gasteiger partial charge in [0.25, 0.3) is 0 Å². The topological polar surface area (TPSA) is 62.7 Å². The van der Waals surface area contributed by atoms with E-state index in [1.807, 2.05) is 27.7 Å². The average molecular weight is 309 g/mol. The van der Waals surface area contributed by atoms with Gasteiger partial charge in [-0.2, -0.15) is 0 Å². The molecule has 0 saturated heterocycles. The number of carbonyl (C=O) groups excluding carboxylic acids is 1. The van der Waals surface area contributed by atoms with Crippen LogP contribution in [0.1, 0.15) is 59.8 Å². The molecule has 0 spiro atoms. The van der Waals surface area contributed by atoms with Crippen molar-refractivity contribution in [2.24, 2.45) is 4.99 Å². The Morgan fingerprint density at radius 2 is 1.86 bits per heavy atom. The van der Waals surface area contributed by atoms with E-state index in [1.165, 1.54) is 0 Å². The third-order valence-corrected chi connectivity index (χ3v) is 2.68. The maximum Gasteiger partial charge on any atom is 0.306 e. The molecule has 0 aromatic rings. The van der Waals surface area contributed by atoms with Crippen LogP contribution in [0.15, 0.2) is 4.99 Å². The standard InChI is InChI=1S/C17H31N3O2/c1-6-13-19-16(18-7-2)20-14-11-9-8-10-12-15(21)22-17(3,4)5/h1H,7-14H2,2-5H3,(H2,18,19,20). The molecule has 0 fully saturated rings. The SMILES string of the molecule is C#CCNC(=NCCCCCCC(=O)OC(C)(C)C)NCC. The van der Waals surface area contributed by atoms with Gasteiger partial charge in [0.05, 0.1) is 6.54 Å². The minimum Gasteiger partial charge on any atom is -0.460 e. The average Bonchev–Trinajstić information content (AvgIpc) is 2.41. The van der Waals surface area contributed by atoms with E-state index in [1.54, 1.807) is 0 Å². The van der Waals surface area contributed by atoms with E-state index in [4.69, 9.17) is 11.2 Å². The highest BCUT2D eigenvalue weighted by molar-refractivity contribution is 5.79. The summed E-state index contributed by atoms with van der Waals surface area (Å²) in [5.41, 5.74) is -0.389. The molecule has 0 aromatic carbocycles. The second-order valence-electron chi connectivity index (χ2n) is 6.07.